The lowest BCUT2D eigenvalue weighted by atomic mass is 9.86. The fourth-order valence-corrected chi connectivity index (χ4v) is 2.99. The van der Waals surface area contributed by atoms with Crippen LogP contribution in [0, 0.1) is 16.0 Å². The molecule has 1 saturated carbocycles. The Bertz CT molecular complexity index is 721. The second-order valence-electron chi connectivity index (χ2n) is 6.59. The number of rotatable bonds is 7. The van der Waals surface area contributed by atoms with Gasteiger partial charge in [-0.3, -0.25) is 24.5 Å². The summed E-state index contributed by atoms with van der Waals surface area (Å²) in [6.45, 7) is 1.24. The molecule has 1 aliphatic rings. The summed E-state index contributed by atoms with van der Waals surface area (Å²) in [6.07, 6.45) is 4.21. The third-order valence-electron chi connectivity index (χ3n) is 4.53. The van der Waals surface area contributed by atoms with Gasteiger partial charge in [0.2, 0.25) is 0 Å². The molecule has 0 heterocycles. The zero-order chi connectivity index (χ0) is 19.8. The quantitative estimate of drug-likeness (QED) is 0.422. The number of nitro groups is 1. The van der Waals surface area contributed by atoms with E-state index >= 15 is 0 Å². The number of hydrogen-bond donors (Lipinski definition) is 2. The zero-order valence-electron chi connectivity index (χ0n) is 15.1. The highest BCUT2D eigenvalue weighted by atomic mass is 16.6. The molecule has 2 N–H and O–H groups in total. The Morgan fingerprint density at radius 1 is 1.26 bits per heavy atom. The van der Waals surface area contributed by atoms with Crippen LogP contribution in [0.3, 0.4) is 0 Å². The molecular formula is C18H23N3O6. The highest BCUT2D eigenvalue weighted by Crippen LogP contribution is 2.23. The van der Waals surface area contributed by atoms with E-state index in [0.29, 0.717) is 5.92 Å². The van der Waals surface area contributed by atoms with Gasteiger partial charge in [0.15, 0.2) is 6.61 Å². The van der Waals surface area contributed by atoms with E-state index in [4.69, 9.17) is 4.74 Å². The number of nitro benzene ring substituents is 1. The van der Waals surface area contributed by atoms with Crippen LogP contribution in [0.5, 0.6) is 0 Å². The van der Waals surface area contributed by atoms with Gasteiger partial charge >= 0.3 is 5.97 Å². The molecule has 2 amide bonds. The van der Waals surface area contributed by atoms with Crippen LogP contribution in [-0.4, -0.2) is 41.9 Å². The SMILES string of the molecule is C[C@@H]1CCCC[C@H]1NC(=O)COC(=O)CNC(=O)c1cccc([N+](=O)[O-])c1. The number of nitrogens with zero attached hydrogens (tertiary/aromatic N) is 1. The van der Waals surface area contributed by atoms with Gasteiger partial charge in [-0.1, -0.05) is 25.8 Å². The molecule has 9 nitrogen and oxygen atoms in total. The zero-order valence-corrected chi connectivity index (χ0v) is 15.1. The van der Waals surface area contributed by atoms with Crippen molar-refractivity contribution in [2.45, 2.75) is 38.6 Å². The first-order chi connectivity index (χ1) is 12.9. The Morgan fingerprint density at radius 2 is 2.00 bits per heavy atom. The molecule has 1 fully saturated rings. The van der Waals surface area contributed by atoms with Crippen LogP contribution in [0.1, 0.15) is 43.0 Å². The summed E-state index contributed by atoms with van der Waals surface area (Å²) < 4.78 is 4.85. The van der Waals surface area contributed by atoms with E-state index in [2.05, 4.69) is 17.6 Å². The summed E-state index contributed by atoms with van der Waals surface area (Å²) in [7, 11) is 0. The number of ether oxygens (including phenoxy) is 1. The fraction of sp³-hybridized carbons (Fsp3) is 0.500. The van der Waals surface area contributed by atoms with Crippen LogP contribution >= 0.6 is 0 Å². The van der Waals surface area contributed by atoms with Gasteiger partial charge in [-0.15, -0.1) is 0 Å². The minimum Gasteiger partial charge on any atom is -0.454 e. The van der Waals surface area contributed by atoms with Crippen molar-refractivity contribution < 1.29 is 24.0 Å². The van der Waals surface area contributed by atoms with Crippen molar-refractivity contribution in [2.24, 2.45) is 5.92 Å². The summed E-state index contributed by atoms with van der Waals surface area (Å²) in [4.78, 5) is 45.6. The van der Waals surface area contributed by atoms with Gasteiger partial charge in [-0.2, -0.15) is 0 Å². The number of carbonyl (C=O) groups is 3. The normalized spacial score (nSPS) is 19.0. The van der Waals surface area contributed by atoms with Gasteiger partial charge in [0.05, 0.1) is 4.92 Å². The van der Waals surface area contributed by atoms with E-state index in [1.807, 2.05) is 0 Å². The molecule has 0 radical (unpaired) electrons. The van der Waals surface area contributed by atoms with Gasteiger partial charge in [-0.25, -0.2) is 0 Å². The summed E-state index contributed by atoms with van der Waals surface area (Å²) >= 11 is 0. The highest BCUT2D eigenvalue weighted by molar-refractivity contribution is 5.96. The van der Waals surface area contributed by atoms with Crippen molar-refractivity contribution in [3.63, 3.8) is 0 Å². The third-order valence-corrected chi connectivity index (χ3v) is 4.53. The monoisotopic (exact) mass is 377 g/mol. The third kappa shape index (κ3) is 6.36. The van der Waals surface area contributed by atoms with Gasteiger partial charge in [-0.05, 0) is 24.8 Å². The van der Waals surface area contributed by atoms with Crippen molar-refractivity contribution >= 4 is 23.5 Å². The van der Waals surface area contributed by atoms with Crippen molar-refractivity contribution in [1.29, 1.82) is 0 Å². The molecule has 0 aromatic heterocycles. The highest BCUT2D eigenvalue weighted by Gasteiger charge is 2.23. The summed E-state index contributed by atoms with van der Waals surface area (Å²) in [5.74, 6) is -1.38. The molecule has 9 heteroatoms. The maximum absolute atomic E-state index is 11.9. The molecule has 1 aromatic rings. The average Bonchev–Trinajstić information content (AvgIpc) is 2.66. The number of non-ortho nitro benzene ring substituents is 1. The fourth-order valence-electron chi connectivity index (χ4n) is 2.99. The molecule has 0 unspecified atom stereocenters. The predicted molar refractivity (Wildman–Crippen MR) is 96.0 cm³/mol. The Hall–Kier alpha value is -2.97. The average molecular weight is 377 g/mol. The summed E-state index contributed by atoms with van der Waals surface area (Å²) in [5.41, 5.74) is -0.167. The van der Waals surface area contributed by atoms with Crippen LogP contribution in [-0.2, 0) is 14.3 Å². The molecule has 2 rings (SSSR count). The molecule has 27 heavy (non-hydrogen) atoms. The van der Waals surface area contributed by atoms with Crippen molar-refractivity contribution in [2.75, 3.05) is 13.2 Å². The molecule has 2 atom stereocenters. The minimum atomic E-state index is -0.763. The van der Waals surface area contributed by atoms with Crippen LogP contribution < -0.4 is 10.6 Å². The molecule has 0 bridgehead atoms. The Labute approximate surface area is 156 Å². The number of esters is 1. The first-order valence-corrected chi connectivity index (χ1v) is 8.84. The molecule has 0 spiro atoms. The maximum Gasteiger partial charge on any atom is 0.325 e. The van der Waals surface area contributed by atoms with E-state index in [0.717, 1.165) is 31.7 Å². The molecule has 1 aliphatic carbocycles. The number of nitrogens with one attached hydrogen (secondary N) is 2. The van der Waals surface area contributed by atoms with E-state index in [9.17, 15) is 24.5 Å². The lowest BCUT2D eigenvalue weighted by Gasteiger charge is -2.29. The van der Waals surface area contributed by atoms with Gasteiger partial charge in [0, 0.05) is 23.7 Å². The van der Waals surface area contributed by atoms with Crippen LogP contribution in [0.25, 0.3) is 0 Å². The van der Waals surface area contributed by atoms with Crippen molar-refractivity contribution in [1.82, 2.24) is 10.6 Å². The Morgan fingerprint density at radius 3 is 2.70 bits per heavy atom. The first kappa shape index (κ1) is 20.3. The molecule has 0 aliphatic heterocycles. The molecule has 0 saturated heterocycles. The maximum atomic E-state index is 11.9. The van der Waals surface area contributed by atoms with Gasteiger partial charge in [0.1, 0.15) is 6.54 Å². The Balaban J connectivity index is 1.72. The number of benzene rings is 1. The van der Waals surface area contributed by atoms with Gasteiger partial charge < -0.3 is 15.4 Å². The predicted octanol–water partition coefficient (Wildman–Crippen LogP) is 1.56. The van der Waals surface area contributed by atoms with Gasteiger partial charge in [0.25, 0.3) is 17.5 Å². The summed E-state index contributed by atoms with van der Waals surface area (Å²) in [5, 5.41) is 15.9. The number of hydrogen-bond acceptors (Lipinski definition) is 6. The van der Waals surface area contributed by atoms with Crippen molar-refractivity contribution in [3.8, 4) is 0 Å². The lowest BCUT2D eigenvalue weighted by Crippen LogP contribution is -2.43. The second-order valence-corrected chi connectivity index (χ2v) is 6.59. The topological polar surface area (TPSA) is 128 Å². The van der Waals surface area contributed by atoms with Crippen molar-refractivity contribution in [3.05, 3.63) is 39.9 Å². The van der Waals surface area contributed by atoms with E-state index in [1.54, 1.807) is 0 Å². The first-order valence-electron chi connectivity index (χ1n) is 8.84. The van der Waals surface area contributed by atoms with Crippen LogP contribution in [0.15, 0.2) is 24.3 Å². The second kappa shape index (κ2) is 9.65. The Kier molecular flexibility index (Phi) is 7.27. The summed E-state index contributed by atoms with van der Waals surface area (Å²) in [6, 6.07) is 5.24. The molecular weight excluding hydrogens is 354 g/mol. The minimum absolute atomic E-state index is 0.0565. The molecule has 146 valence electrons. The van der Waals surface area contributed by atoms with Crippen LogP contribution in [0.2, 0.25) is 0 Å². The number of amides is 2. The molecule has 1 aromatic carbocycles. The lowest BCUT2D eigenvalue weighted by molar-refractivity contribution is -0.384. The number of carbonyl (C=O) groups excluding carboxylic acids is 3. The van der Waals surface area contributed by atoms with E-state index in [1.165, 1.54) is 18.2 Å². The van der Waals surface area contributed by atoms with E-state index < -0.39 is 30.0 Å². The smallest absolute Gasteiger partial charge is 0.325 e. The largest absolute Gasteiger partial charge is 0.454 e. The van der Waals surface area contributed by atoms with E-state index in [-0.39, 0.29) is 23.2 Å². The standard InChI is InChI=1S/C18H23N3O6/c1-12-5-2-3-8-15(12)20-16(22)11-27-17(23)10-19-18(24)13-6-4-7-14(9-13)21(25)26/h4,6-7,9,12,15H,2-3,5,8,10-11H2,1H3,(H,19,24)(H,20,22)/t12-,15-/m1/s1. The van der Waals surface area contributed by atoms with Crippen LogP contribution in [0.4, 0.5) is 5.69 Å².